The lowest BCUT2D eigenvalue weighted by Crippen LogP contribution is -2.41. The molecule has 25 heavy (non-hydrogen) atoms. The fraction of sp³-hybridized carbons (Fsp3) is 0.562. The number of nitrogens with zero attached hydrogens (tertiary/aromatic N) is 1. The van der Waals surface area contributed by atoms with E-state index in [0.29, 0.717) is 13.0 Å². The van der Waals surface area contributed by atoms with Crippen LogP contribution in [0.25, 0.3) is 0 Å². The van der Waals surface area contributed by atoms with Gasteiger partial charge in [0.05, 0.1) is 11.5 Å². The number of hydrogen-bond donors (Lipinski definition) is 1. The van der Waals surface area contributed by atoms with Gasteiger partial charge < -0.3 is 14.9 Å². The third-order valence-corrected chi connectivity index (χ3v) is 9.23. The predicted molar refractivity (Wildman–Crippen MR) is 99.9 cm³/mol. The van der Waals surface area contributed by atoms with Crippen LogP contribution in [0.3, 0.4) is 0 Å². The van der Waals surface area contributed by atoms with Crippen LogP contribution in [0.5, 0.6) is 5.75 Å². The van der Waals surface area contributed by atoms with Gasteiger partial charge in [0.25, 0.3) is 5.69 Å². The third kappa shape index (κ3) is 5.69. The van der Waals surface area contributed by atoms with Gasteiger partial charge in [-0.05, 0) is 24.2 Å². The Balaban J connectivity index is 2.72. The number of carbonyl (C=O) groups excluding carboxylic acids is 1. The number of rotatable bonds is 8. The quantitative estimate of drug-likeness (QED) is 0.312. The highest BCUT2D eigenvalue weighted by Gasteiger charge is 2.36. The summed E-state index contributed by atoms with van der Waals surface area (Å²) in [5.41, 5.74) is 4.76. The highest BCUT2D eigenvalue weighted by atomic mass is 35.5. The summed E-state index contributed by atoms with van der Waals surface area (Å²) in [7, 11) is -1.82. The fourth-order valence-corrected chi connectivity index (χ4v) is 3.07. The molecule has 9 heteroatoms. The molecule has 0 radical (unpaired) electrons. The highest BCUT2D eigenvalue weighted by Crippen LogP contribution is 2.37. The number of hydrogen-bond acceptors (Lipinski definition) is 5. The molecule has 140 valence electrons. The Morgan fingerprint density at radius 1 is 1.32 bits per heavy atom. The SMILES string of the molecule is CC(C)(C)[Si](C)(C)OCCCOc1cc(C(N)=O)cc([N+](=O)[O-])c1Cl. The summed E-state index contributed by atoms with van der Waals surface area (Å²) >= 11 is 5.98. The van der Waals surface area contributed by atoms with Crippen molar-refractivity contribution in [2.24, 2.45) is 5.73 Å². The van der Waals surface area contributed by atoms with E-state index in [0.717, 1.165) is 6.07 Å². The van der Waals surface area contributed by atoms with Crippen molar-refractivity contribution < 1.29 is 18.9 Å². The zero-order chi connectivity index (χ0) is 19.4. The van der Waals surface area contributed by atoms with Crippen molar-refractivity contribution in [3.05, 3.63) is 32.8 Å². The van der Waals surface area contributed by atoms with Crippen LogP contribution in [0.15, 0.2) is 12.1 Å². The second kappa shape index (κ2) is 8.16. The first kappa shape index (κ1) is 21.4. The van der Waals surface area contributed by atoms with Gasteiger partial charge in [0.2, 0.25) is 5.91 Å². The van der Waals surface area contributed by atoms with Crippen LogP contribution in [0, 0.1) is 10.1 Å². The highest BCUT2D eigenvalue weighted by molar-refractivity contribution is 6.74. The molecular formula is C16H25ClN2O5Si. The Morgan fingerprint density at radius 2 is 1.92 bits per heavy atom. The van der Waals surface area contributed by atoms with E-state index in [2.05, 4.69) is 33.9 Å². The molecule has 0 heterocycles. The number of nitro benzene ring substituents is 1. The lowest BCUT2D eigenvalue weighted by molar-refractivity contribution is -0.384. The van der Waals surface area contributed by atoms with Gasteiger partial charge >= 0.3 is 0 Å². The van der Waals surface area contributed by atoms with Gasteiger partial charge in [-0.1, -0.05) is 32.4 Å². The van der Waals surface area contributed by atoms with Gasteiger partial charge in [-0.3, -0.25) is 14.9 Å². The number of amides is 1. The van der Waals surface area contributed by atoms with Gasteiger partial charge in [0.15, 0.2) is 13.3 Å². The standard InChI is InChI=1S/C16H25ClN2O5Si/c1-16(2,3)25(4,5)24-8-6-7-23-13-10-11(15(18)20)9-12(14(13)17)19(21)22/h9-10H,6-8H2,1-5H3,(H2,18,20). The van der Waals surface area contributed by atoms with E-state index in [-0.39, 0.29) is 28.0 Å². The van der Waals surface area contributed by atoms with Crippen LogP contribution in [-0.2, 0) is 4.43 Å². The van der Waals surface area contributed by atoms with Gasteiger partial charge in [0, 0.05) is 24.7 Å². The number of primary amides is 1. The molecule has 1 aromatic rings. The molecule has 0 spiro atoms. The first-order valence-electron chi connectivity index (χ1n) is 7.91. The Morgan fingerprint density at radius 3 is 2.40 bits per heavy atom. The molecule has 0 atom stereocenters. The molecule has 0 saturated heterocycles. The summed E-state index contributed by atoms with van der Waals surface area (Å²) in [6.45, 7) is 11.6. The molecule has 1 rings (SSSR count). The van der Waals surface area contributed by atoms with Crippen molar-refractivity contribution in [2.75, 3.05) is 13.2 Å². The van der Waals surface area contributed by atoms with E-state index >= 15 is 0 Å². The molecule has 0 aliphatic rings. The minimum absolute atomic E-state index is 0.0244. The van der Waals surface area contributed by atoms with Crippen LogP contribution >= 0.6 is 11.6 Å². The van der Waals surface area contributed by atoms with Gasteiger partial charge in [0.1, 0.15) is 5.75 Å². The Bertz CT molecular complexity index is 659. The Kier molecular flexibility index (Phi) is 6.98. The number of carbonyl (C=O) groups is 1. The summed E-state index contributed by atoms with van der Waals surface area (Å²) in [5.74, 6) is -0.720. The predicted octanol–water partition coefficient (Wildman–Crippen LogP) is 4.14. The Labute approximate surface area is 153 Å². The summed E-state index contributed by atoms with van der Waals surface area (Å²) in [4.78, 5) is 21.7. The van der Waals surface area contributed by atoms with Gasteiger partial charge in [-0.2, -0.15) is 0 Å². The molecule has 0 aliphatic heterocycles. The minimum atomic E-state index is -1.82. The van der Waals surface area contributed by atoms with E-state index in [1.165, 1.54) is 6.07 Å². The van der Waals surface area contributed by atoms with E-state index in [1.54, 1.807) is 0 Å². The molecule has 2 N–H and O–H groups in total. The van der Waals surface area contributed by atoms with Crippen LogP contribution in [0.4, 0.5) is 5.69 Å². The van der Waals surface area contributed by atoms with Crippen molar-refractivity contribution >= 4 is 31.5 Å². The van der Waals surface area contributed by atoms with E-state index < -0.39 is 24.8 Å². The molecule has 1 amide bonds. The number of benzene rings is 1. The molecule has 0 unspecified atom stereocenters. The first-order chi connectivity index (χ1) is 11.4. The average molecular weight is 389 g/mol. The monoisotopic (exact) mass is 388 g/mol. The molecule has 0 aliphatic carbocycles. The molecule has 1 aromatic carbocycles. The largest absolute Gasteiger partial charge is 0.492 e. The molecule has 0 bridgehead atoms. The smallest absolute Gasteiger partial charge is 0.292 e. The molecule has 0 aromatic heterocycles. The van der Waals surface area contributed by atoms with Crippen molar-refractivity contribution in [2.45, 2.75) is 45.3 Å². The van der Waals surface area contributed by atoms with E-state index in [9.17, 15) is 14.9 Å². The summed E-state index contributed by atoms with van der Waals surface area (Å²) < 4.78 is 11.5. The average Bonchev–Trinajstić information content (AvgIpc) is 2.46. The van der Waals surface area contributed by atoms with Crippen molar-refractivity contribution in [3.63, 3.8) is 0 Å². The molecule has 7 nitrogen and oxygen atoms in total. The third-order valence-electron chi connectivity index (χ3n) is 4.32. The zero-order valence-electron chi connectivity index (χ0n) is 15.2. The molecular weight excluding hydrogens is 364 g/mol. The van der Waals surface area contributed by atoms with Crippen LogP contribution < -0.4 is 10.5 Å². The number of halogens is 1. The van der Waals surface area contributed by atoms with Gasteiger partial charge in [-0.15, -0.1) is 0 Å². The number of ether oxygens (including phenoxy) is 1. The van der Waals surface area contributed by atoms with Gasteiger partial charge in [-0.25, -0.2) is 0 Å². The summed E-state index contributed by atoms with van der Waals surface area (Å²) in [5, 5.41) is 11.0. The normalized spacial score (nSPS) is 12.1. The second-order valence-electron chi connectivity index (χ2n) is 7.24. The maximum Gasteiger partial charge on any atom is 0.292 e. The molecule has 0 fully saturated rings. The lowest BCUT2D eigenvalue weighted by Gasteiger charge is -2.36. The van der Waals surface area contributed by atoms with Crippen molar-refractivity contribution in [1.29, 1.82) is 0 Å². The van der Waals surface area contributed by atoms with Crippen LogP contribution in [0.2, 0.25) is 23.2 Å². The maximum absolute atomic E-state index is 11.3. The van der Waals surface area contributed by atoms with E-state index in [4.69, 9.17) is 26.5 Å². The molecule has 0 saturated carbocycles. The minimum Gasteiger partial charge on any atom is -0.492 e. The second-order valence-corrected chi connectivity index (χ2v) is 12.4. The zero-order valence-corrected chi connectivity index (χ0v) is 17.0. The van der Waals surface area contributed by atoms with Crippen molar-refractivity contribution in [3.8, 4) is 5.75 Å². The van der Waals surface area contributed by atoms with Crippen LogP contribution in [-0.4, -0.2) is 32.4 Å². The first-order valence-corrected chi connectivity index (χ1v) is 11.2. The number of nitrogens with two attached hydrogens (primary N) is 1. The maximum atomic E-state index is 11.3. The summed E-state index contributed by atoms with van der Waals surface area (Å²) in [6.07, 6.45) is 0.595. The number of nitro groups is 1. The lowest BCUT2D eigenvalue weighted by atomic mass is 10.2. The Hall–Kier alpha value is -1.64. The summed E-state index contributed by atoms with van der Waals surface area (Å²) in [6, 6.07) is 2.35. The van der Waals surface area contributed by atoms with Crippen LogP contribution in [0.1, 0.15) is 37.6 Å². The van der Waals surface area contributed by atoms with E-state index in [1.807, 2.05) is 0 Å². The fourth-order valence-electron chi connectivity index (χ4n) is 1.75. The van der Waals surface area contributed by atoms with Crippen molar-refractivity contribution in [1.82, 2.24) is 0 Å². The topological polar surface area (TPSA) is 105 Å².